The molecule has 1 aromatic rings. The van der Waals surface area contributed by atoms with Gasteiger partial charge in [-0.25, -0.2) is 0 Å². The number of rotatable bonds is 4. The maximum Gasteiger partial charge on any atom is 0.245 e. The smallest absolute Gasteiger partial charge is 0.245 e. The van der Waals surface area contributed by atoms with Crippen molar-refractivity contribution in [3.63, 3.8) is 0 Å². The van der Waals surface area contributed by atoms with Crippen molar-refractivity contribution in [2.75, 3.05) is 13.1 Å². The Morgan fingerprint density at radius 2 is 2.20 bits per heavy atom. The van der Waals surface area contributed by atoms with Crippen molar-refractivity contribution in [2.24, 2.45) is 5.92 Å². The Balaban J connectivity index is 1.77. The van der Waals surface area contributed by atoms with Gasteiger partial charge in [0.15, 0.2) is 0 Å². The molecule has 4 nitrogen and oxygen atoms in total. The van der Waals surface area contributed by atoms with Crippen LogP contribution in [0.15, 0.2) is 27.9 Å². The van der Waals surface area contributed by atoms with Crippen LogP contribution in [0.25, 0.3) is 0 Å². The molecule has 108 valence electrons. The zero-order valence-corrected chi connectivity index (χ0v) is 13.5. The van der Waals surface area contributed by atoms with E-state index in [0.717, 1.165) is 22.2 Å². The highest BCUT2D eigenvalue weighted by atomic mass is 79.9. The van der Waals surface area contributed by atoms with Crippen LogP contribution in [0.4, 0.5) is 0 Å². The quantitative estimate of drug-likeness (QED) is 0.842. The van der Waals surface area contributed by atoms with Gasteiger partial charge < -0.3 is 10.2 Å². The summed E-state index contributed by atoms with van der Waals surface area (Å²) >= 11 is 5.01. The second-order valence-corrected chi connectivity index (χ2v) is 7.07. The average Bonchev–Trinajstić information content (AvgIpc) is 2.89. The van der Waals surface area contributed by atoms with Crippen LogP contribution in [0.2, 0.25) is 0 Å². The normalized spacial score (nSPS) is 15.9. The molecule has 0 bridgehead atoms. The fraction of sp³-hybridized carbons (Fsp3) is 0.429. The molecule has 0 aromatic carbocycles. The van der Waals surface area contributed by atoms with Crippen molar-refractivity contribution in [3.8, 4) is 0 Å². The third-order valence-electron chi connectivity index (χ3n) is 3.44. The standard InChI is InChI=1S/C14H17BrN2O2S/c1-2-13(18)17-5-3-11(4-6-17)14(19)16-8-10-7-12(15)20-9-10/h2,7,9,11H,1,3-6,8H2,(H,16,19). The summed E-state index contributed by atoms with van der Waals surface area (Å²) < 4.78 is 1.07. The summed E-state index contributed by atoms with van der Waals surface area (Å²) in [6, 6.07) is 2.01. The molecule has 2 heterocycles. The second-order valence-electron chi connectivity index (χ2n) is 4.78. The van der Waals surface area contributed by atoms with Gasteiger partial charge in [-0.2, -0.15) is 0 Å². The predicted octanol–water partition coefficient (Wildman–Crippen LogP) is 2.55. The largest absolute Gasteiger partial charge is 0.352 e. The minimum Gasteiger partial charge on any atom is -0.352 e. The van der Waals surface area contributed by atoms with Crippen molar-refractivity contribution in [1.82, 2.24) is 10.2 Å². The van der Waals surface area contributed by atoms with Crippen LogP contribution < -0.4 is 5.32 Å². The molecule has 1 N–H and O–H groups in total. The minimum absolute atomic E-state index is 0.00550. The van der Waals surface area contributed by atoms with Crippen molar-refractivity contribution in [1.29, 1.82) is 0 Å². The fourth-order valence-corrected chi connectivity index (χ4v) is 3.47. The van der Waals surface area contributed by atoms with E-state index in [9.17, 15) is 9.59 Å². The number of hydrogen-bond acceptors (Lipinski definition) is 3. The highest BCUT2D eigenvalue weighted by molar-refractivity contribution is 9.11. The average molecular weight is 357 g/mol. The number of nitrogens with one attached hydrogen (secondary N) is 1. The van der Waals surface area contributed by atoms with E-state index in [0.29, 0.717) is 19.6 Å². The molecule has 1 saturated heterocycles. The Hall–Kier alpha value is -1.14. The molecule has 0 aliphatic carbocycles. The van der Waals surface area contributed by atoms with Crippen LogP contribution in [0.5, 0.6) is 0 Å². The van der Waals surface area contributed by atoms with Gasteiger partial charge in [-0.05, 0) is 51.9 Å². The first-order valence-corrected chi connectivity index (χ1v) is 8.19. The van der Waals surface area contributed by atoms with Crippen molar-refractivity contribution >= 4 is 39.1 Å². The molecule has 0 atom stereocenters. The number of amides is 2. The molecule has 0 saturated carbocycles. The number of likely N-dealkylation sites (tertiary alicyclic amines) is 1. The van der Waals surface area contributed by atoms with Crippen molar-refractivity contribution in [3.05, 3.63) is 33.5 Å². The second kappa shape index (κ2) is 7.04. The summed E-state index contributed by atoms with van der Waals surface area (Å²) in [5.41, 5.74) is 1.11. The molecular formula is C14H17BrN2O2S. The number of piperidine rings is 1. The summed E-state index contributed by atoms with van der Waals surface area (Å²) in [6.07, 6.45) is 2.77. The zero-order valence-electron chi connectivity index (χ0n) is 11.1. The first kappa shape index (κ1) is 15.3. The summed E-state index contributed by atoms with van der Waals surface area (Å²) in [5, 5.41) is 4.99. The lowest BCUT2D eigenvalue weighted by atomic mass is 9.96. The molecule has 20 heavy (non-hydrogen) atoms. The number of hydrogen-bond donors (Lipinski definition) is 1. The Kier molecular flexibility index (Phi) is 5.37. The number of carbonyl (C=O) groups excluding carboxylic acids is 2. The Morgan fingerprint density at radius 1 is 1.50 bits per heavy atom. The van der Waals surface area contributed by atoms with E-state index in [4.69, 9.17) is 0 Å². The lowest BCUT2D eigenvalue weighted by molar-refractivity contribution is -0.132. The number of carbonyl (C=O) groups is 2. The molecular weight excluding hydrogens is 340 g/mol. The SMILES string of the molecule is C=CC(=O)N1CCC(C(=O)NCc2csc(Br)c2)CC1. The van der Waals surface area contributed by atoms with Crippen LogP contribution in [0.3, 0.4) is 0 Å². The Bertz CT molecular complexity index is 507. The van der Waals surface area contributed by atoms with Gasteiger partial charge in [0.25, 0.3) is 0 Å². The number of thiophene rings is 1. The molecule has 1 aliphatic heterocycles. The molecule has 1 aromatic heterocycles. The topological polar surface area (TPSA) is 49.4 Å². The van der Waals surface area contributed by atoms with E-state index >= 15 is 0 Å². The van der Waals surface area contributed by atoms with Crippen molar-refractivity contribution in [2.45, 2.75) is 19.4 Å². The third kappa shape index (κ3) is 3.93. The van der Waals surface area contributed by atoms with Crippen LogP contribution in [-0.4, -0.2) is 29.8 Å². The molecule has 1 fully saturated rings. The lowest BCUT2D eigenvalue weighted by Crippen LogP contribution is -2.42. The molecule has 2 rings (SSSR count). The minimum atomic E-state index is -0.0491. The van der Waals surface area contributed by atoms with Crippen LogP contribution >= 0.6 is 27.3 Å². The molecule has 0 unspecified atom stereocenters. The van der Waals surface area contributed by atoms with Crippen molar-refractivity contribution < 1.29 is 9.59 Å². The molecule has 0 spiro atoms. The van der Waals surface area contributed by atoms with E-state index in [2.05, 4.69) is 27.8 Å². The molecule has 1 aliphatic rings. The fourth-order valence-electron chi connectivity index (χ4n) is 2.26. The first-order chi connectivity index (χ1) is 9.60. The predicted molar refractivity (Wildman–Crippen MR) is 83.4 cm³/mol. The highest BCUT2D eigenvalue weighted by Gasteiger charge is 2.26. The maximum atomic E-state index is 12.1. The summed E-state index contributed by atoms with van der Waals surface area (Å²) in [7, 11) is 0. The zero-order chi connectivity index (χ0) is 14.5. The van der Waals surface area contributed by atoms with E-state index < -0.39 is 0 Å². The van der Waals surface area contributed by atoms with Gasteiger partial charge in [-0.3, -0.25) is 9.59 Å². The van der Waals surface area contributed by atoms with E-state index in [1.165, 1.54) is 6.08 Å². The van der Waals surface area contributed by atoms with Gasteiger partial charge in [0.2, 0.25) is 11.8 Å². The number of nitrogens with zero attached hydrogens (tertiary/aromatic N) is 1. The van der Waals surface area contributed by atoms with Gasteiger partial charge >= 0.3 is 0 Å². The summed E-state index contributed by atoms with van der Waals surface area (Å²) in [5.74, 6) is 0.0379. The summed E-state index contributed by atoms with van der Waals surface area (Å²) in [4.78, 5) is 25.3. The first-order valence-electron chi connectivity index (χ1n) is 6.52. The van der Waals surface area contributed by atoms with Gasteiger partial charge in [-0.15, -0.1) is 11.3 Å². The van der Waals surface area contributed by atoms with E-state index in [1.807, 2.05) is 11.4 Å². The highest BCUT2D eigenvalue weighted by Crippen LogP contribution is 2.21. The maximum absolute atomic E-state index is 12.1. The van der Waals surface area contributed by atoms with Gasteiger partial charge in [0.1, 0.15) is 0 Å². The van der Waals surface area contributed by atoms with Gasteiger partial charge in [0, 0.05) is 25.6 Å². The van der Waals surface area contributed by atoms with Crippen LogP contribution in [0.1, 0.15) is 18.4 Å². The molecule has 2 amide bonds. The van der Waals surface area contributed by atoms with Crippen LogP contribution in [-0.2, 0) is 16.1 Å². The third-order valence-corrected chi connectivity index (χ3v) is 4.99. The monoisotopic (exact) mass is 356 g/mol. The number of halogens is 1. The van der Waals surface area contributed by atoms with E-state index in [-0.39, 0.29) is 17.7 Å². The van der Waals surface area contributed by atoms with E-state index in [1.54, 1.807) is 16.2 Å². The van der Waals surface area contributed by atoms with Gasteiger partial charge in [0.05, 0.1) is 3.79 Å². The van der Waals surface area contributed by atoms with Gasteiger partial charge in [-0.1, -0.05) is 6.58 Å². The Morgan fingerprint density at radius 3 is 2.75 bits per heavy atom. The Labute approximate surface area is 131 Å². The molecule has 6 heteroatoms. The lowest BCUT2D eigenvalue weighted by Gasteiger charge is -2.30. The summed E-state index contributed by atoms with van der Waals surface area (Å²) in [6.45, 7) is 5.31. The molecule has 0 radical (unpaired) electrons. The van der Waals surface area contributed by atoms with Crippen LogP contribution in [0, 0.1) is 5.92 Å².